The SMILES string of the molecule is NC(=O)NC1(c2ccccc2N)CCCCC1. The first-order valence-electron chi connectivity index (χ1n) is 6.07. The number of nitrogen functional groups attached to an aromatic ring is 1. The van der Waals surface area contributed by atoms with Crippen LogP contribution in [0.1, 0.15) is 37.7 Å². The number of hydrogen-bond acceptors (Lipinski definition) is 2. The second-order valence-electron chi connectivity index (χ2n) is 4.72. The number of urea groups is 1. The first kappa shape index (κ1) is 11.8. The Kier molecular flexibility index (Phi) is 3.22. The van der Waals surface area contributed by atoms with Crippen molar-refractivity contribution in [1.29, 1.82) is 0 Å². The van der Waals surface area contributed by atoms with Gasteiger partial charge in [0, 0.05) is 11.3 Å². The van der Waals surface area contributed by atoms with Gasteiger partial charge in [0.1, 0.15) is 0 Å². The molecule has 2 rings (SSSR count). The van der Waals surface area contributed by atoms with Crippen molar-refractivity contribution in [2.75, 3.05) is 5.73 Å². The number of anilines is 1. The van der Waals surface area contributed by atoms with E-state index >= 15 is 0 Å². The second kappa shape index (κ2) is 4.65. The summed E-state index contributed by atoms with van der Waals surface area (Å²) in [5.41, 5.74) is 12.7. The number of carbonyl (C=O) groups is 1. The van der Waals surface area contributed by atoms with Crippen molar-refractivity contribution >= 4 is 11.7 Å². The maximum atomic E-state index is 11.2. The van der Waals surface area contributed by atoms with Crippen LogP contribution >= 0.6 is 0 Å². The van der Waals surface area contributed by atoms with Crippen LogP contribution in [0.25, 0.3) is 0 Å². The molecule has 0 spiro atoms. The van der Waals surface area contributed by atoms with Gasteiger partial charge in [0.05, 0.1) is 5.54 Å². The number of para-hydroxylation sites is 1. The Bertz CT molecular complexity index is 411. The van der Waals surface area contributed by atoms with Gasteiger partial charge in [0.15, 0.2) is 0 Å². The monoisotopic (exact) mass is 233 g/mol. The van der Waals surface area contributed by atoms with Gasteiger partial charge in [0.2, 0.25) is 0 Å². The van der Waals surface area contributed by atoms with Crippen molar-refractivity contribution in [2.45, 2.75) is 37.6 Å². The van der Waals surface area contributed by atoms with Gasteiger partial charge in [-0.1, -0.05) is 37.5 Å². The Labute approximate surface area is 101 Å². The zero-order chi connectivity index (χ0) is 12.3. The number of benzene rings is 1. The Morgan fingerprint density at radius 1 is 1.18 bits per heavy atom. The first-order chi connectivity index (χ1) is 8.14. The summed E-state index contributed by atoms with van der Waals surface area (Å²) in [6.45, 7) is 0. The lowest BCUT2D eigenvalue weighted by Crippen LogP contribution is -2.49. The van der Waals surface area contributed by atoms with E-state index in [1.807, 2.05) is 24.3 Å². The van der Waals surface area contributed by atoms with Crippen LogP contribution in [-0.4, -0.2) is 6.03 Å². The predicted molar refractivity (Wildman–Crippen MR) is 68.3 cm³/mol. The minimum absolute atomic E-state index is 0.366. The summed E-state index contributed by atoms with van der Waals surface area (Å²) in [6.07, 6.45) is 5.20. The maximum Gasteiger partial charge on any atom is 0.312 e. The molecule has 0 saturated heterocycles. The summed E-state index contributed by atoms with van der Waals surface area (Å²) in [5.74, 6) is 0. The molecule has 4 heteroatoms. The number of amides is 2. The molecule has 17 heavy (non-hydrogen) atoms. The lowest BCUT2D eigenvalue weighted by Gasteiger charge is -2.38. The third-order valence-corrected chi connectivity index (χ3v) is 3.55. The topological polar surface area (TPSA) is 81.1 Å². The zero-order valence-corrected chi connectivity index (χ0v) is 9.91. The molecule has 92 valence electrons. The van der Waals surface area contributed by atoms with Crippen molar-refractivity contribution in [2.24, 2.45) is 5.73 Å². The highest BCUT2D eigenvalue weighted by Gasteiger charge is 2.36. The second-order valence-corrected chi connectivity index (χ2v) is 4.72. The molecule has 0 aromatic heterocycles. The summed E-state index contributed by atoms with van der Waals surface area (Å²) in [7, 11) is 0. The minimum atomic E-state index is -0.477. The van der Waals surface area contributed by atoms with Crippen LogP contribution in [-0.2, 0) is 5.54 Å². The average Bonchev–Trinajstić information content (AvgIpc) is 2.29. The summed E-state index contributed by atoms with van der Waals surface area (Å²) in [6, 6.07) is 7.23. The standard InChI is InChI=1S/C13H19N3O/c14-11-7-3-2-6-10(11)13(16-12(15)17)8-4-1-5-9-13/h2-3,6-7H,1,4-5,8-9,14H2,(H3,15,16,17). The summed E-state index contributed by atoms with van der Waals surface area (Å²) < 4.78 is 0. The van der Waals surface area contributed by atoms with E-state index in [0.29, 0.717) is 0 Å². The number of rotatable bonds is 2. The summed E-state index contributed by atoms with van der Waals surface area (Å²) >= 11 is 0. The van der Waals surface area contributed by atoms with Crippen LogP contribution in [0, 0.1) is 0 Å². The molecule has 0 aliphatic heterocycles. The maximum absolute atomic E-state index is 11.2. The van der Waals surface area contributed by atoms with E-state index in [0.717, 1.165) is 36.9 Å². The zero-order valence-electron chi connectivity index (χ0n) is 9.91. The fourth-order valence-electron chi connectivity index (χ4n) is 2.79. The molecule has 4 nitrogen and oxygen atoms in total. The molecule has 0 bridgehead atoms. The van der Waals surface area contributed by atoms with Crippen LogP contribution in [0.4, 0.5) is 10.5 Å². The van der Waals surface area contributed by atoms with Gasteiger partial charge in [-0.05, 0) is 18.9 Å². The Balaban J connectivity index is 2.39. The molecule has 0 radical (unpaired) electrons. The number of nitrogens with two attached hydrogens (primary N) is 2. The van der Waals surface area contributed by atoms with Gasteiger partial charge in [-0.15, -0.1) is 0 Å². The Morgan fingerprint density at radius 3 is 2.41 bits per heavy atom. The number of hydrogen-bond donors (Lipinski definition) is 3. The highest BCUT2D eigenvalue weighted by molar-refractivity contribution is 5.73. The Hall–Kier alpha value is -1.71. The van der Waals surface area contributed by atoms with Crippen LogP contribution in [0.15, 0.2) is 24.3 Å². The van der Waals surface area contributed by atoms with Gasteiger partial charge in [-0.2, -0.15) is 0 Å². The van der Waals surface area contributed by atoms with Crippen LogP contribution < -0.4 is 16.8 Å². The normalized spacial score (nSPS) is 18.6. The van der Waals surface area contributed by atoms with Gasteiger partial charge < -0.3 is 16.8 Å². The first-order valence-corrected chi connectivity index (χ1v) is 6.07. The lowest BCUT2D eigenvalue weighted by atomic mass is 9.76. The quantitative estimate of drug-likeness (QED) is 0.684. The number of nitrogens with one attached hydrogen (secondary N) is 1. The van der Waals surface area contributed by atoms with Crippen molar-refractivity contribution in [1.82, 2.24) is 5.32 Å². The molecule has 0 unspecified atom stereocenters. The molecular weight excluding hydrogens is 214 g/mol. The third kappa shape index (κ3) is 2.35. The minimum Gasteiger partial charge on any atom is -0.398 e. The smallest absolute Gasteiger partial charge is 0.312 e. The molecule has 1 aromatic rings. The Morgan fingerprint density at radius 2 is 1.82 bits per heavy atom. The lowest BCUT2D eigenvalue weighted by molar-refractivity contribution is 0.210. The van der Waals surface area contributed by atoms with E-state index < -0.39 is 6.03 Å². The van der Waals surface area contributed by atoms with E-state index in [2.05, 4.69) is 5.32 Å². The van der Waals surface area contributed by atoms with Gasteiger partial charge >= 0.3 is 6.03 Å². The van der Waals surface area contributed by atoms with Crippen molar-refractivity contribution in [3.63, 3.8) is 0 Å². The molecule has 1 aliphatic rings. The highest BCUT2D eigenvalue weighted by Crippen LogP contribution is 2.39. The number of carbonyl (C=O) groups excluding carboxylic acids is 1. The van der Waals surface area contributed by atoms with Crippen LogP contribution in [0.3, 0.4) is 0 Å². The van der Waals surface area contributed by atoms with Crippen LogP contribution in [0.2, 0.25) is 0 Å². The van der Waals surface area contributed by atoms with Crippen molar-refractivity contribution in [3.05, 3.63) is 29.8 Å². The predicted octanol–water partition coefficient (Wildman–Crippen LogP) is 2.10. The van der Waals surface area contributed by atoms with E-state index in [4.69, 9.17) is 11.5 Å². The molecule has 0 heterocycles. The van der Waals surface area contributed by atoms with Crippen LogP contribution in [0.5, 0.6) is 0 Å². The summed E-state index contributed by atoms with van der Waals surface area (Å²) in [4.78, 5) is 11.2. The fourth-order valence-corrected chi connectivity index (χ4v) is 2.79. The van der Waals surface area contributed by atoms with Crippen molar-refractivity contribution in [3.8, 4) is 0 Å². The molecule has 2 amide bonds. The molecule has 1 aliphatic carbocycles. The van der Waals surface area contributed by atoms with E-state index in [9.17, 15) is 4.79 Å². The largest absolute Gasteiger partial charge is 0.398 e. The third-order valence-electron chi connectivity index (χ3n) is 3.55. The molecule has 0 atom stereocenters. The average molecular weight is 233 g/mol. The van der Waals surface area contributed by atoms with E-state index in [1.165, 1.54) is 6.42 Å². The van der Waals surface area contributed by atoms with Gasteiger partial charge in [-0.25, -0.2) is 4.79 Å². The van der Waals surface area contributed by atoms with E-state index in [1.54, 1.807) is 0 Å². The molecule has 1 saturated carbocycles. The fraction of sp³-hybridized carbons (Fsp3) is 0.462. The summed E-state index contributed by atoms with van der Waals surface area (Å²) in [5, 5.41) is 2.91. The van der Waals surface area contributed by atoms with Gasteiger partial charge in [-0.3, -0.25) is 0 Å². The molecule has 5 N–H and O–H groups in total. The molecule has 1 fully saturated rings. The molecular formula is C13H19N3O. The van der Waals surface area contributed by atoms with Crippen molar-refractivity contribution < 1.29 is 4.79 Å². The number of primary amides is 1. The van der Waals surface area contributed by atoms with E-state index in [-0.39, 0.29) is 5.54 Å². The van der Waals surface area contributed by atoms with Gasteiger partial charge in [0.25, 0.3) is 0 Å². The molecule has 1 aromatic carbocycles. The highest BCUT2D eigenvalue weighted by atomic mass is 16.2.